The predicted octanol–water partition coefficient (Wildman–Crippen LogP) is 4.26. The molecule has 116 valence electrons. The number of carbonyl (C=O) groups excluding carboxylic acids is 2. The summed E-state index contributed by atoms with van der Waals surface area (Å²) in [6.07, 6.45) is 1.54. The van der Waals surface area contributed by atoms with Gasteiger partial charge in [0.05, 0.1) is 5.56 Å². The van der Waals surface area contributed by atoms with Crippen LogP contribution in [0.1, 0.15) is 21.5 Å². The average Bonchev–Trinajstić information content (AvgIpc) is 2.93. The summed E-state index contributed by atoms with van der Waals surface area (Å²) >= 11 is 5.93. The van der Waals surface area contributed by atoms with Gasteiger partial charge in [0.1, 0.15) is 0 Å². The summed E-state index contributed by atoms with van der Waals surface area (Å²) in [7, 11) is 0. The number of ketones is 1. The number of para-hydroxylation sites is 1. The van der Waals surface area contributed by atoms with Gasteiger partial charge in [0.25, 0.3) is 11.7 Å². The van der Waals surface area contributed by atoms with Crippen molar-refractivity contribution in [3.63, 3.8) is 0 Å². The van der Waals surface area contributed by atoms with Crippen LogP contribution in [-0.4, -0.2) is 16.7 Å². The number of benzene rings is 2. The summed E-state index contributed by atoms with van der Waals surface area (Å²) in [6, 6.07) is 10.8. The number of hydrogen-bond donors (Lipinski definition) is 2. The largest absolute Gasteiger partial charge is 0.360 e. The minimum Gasteiger partial charge on any atom is -0.360 e. The van der Waals surface area contributed by atoms with Gasteiger partial charge in [-0.05, 0) is 37.1 Å². The van der Waals surface area contributed by atoms with Crippen molar-refractivity contribution in [2.45, 2.75) is 13.8 Å². The second-order valence-electron chi connectivity index (χ2n) is 5.44. The molecule has 0 fully saturated rings. The Morgan fingerprint density at radius 2 is 1.78 bits per heavy atom. The van der Waals surface area contributed by atoms with Gasteiger partial charge in [-0.2, -0.15) is 0 Å². The molecule has 5 heteroatoms. The van der Waals surface area contributed by atoms with E-state index in [9.17, 15) is 9.59 Å². The number of aromatic nitrogens is 1. The monoisotopic (exact) mass is 326 g/mol. The number of halogens is 1. The van der Waals surface area contributed by atoms with Crippen LogP contribution in [0.25, 0.3) is 10.9 Å². The van der Waals surface area contributed by atoms with Crippen molar-refractivity contribution in [3.8, 4) is 0 Å². The average molecular weight is 327 g/mol. The normalized spacial score (nSPS) is 10.7. The number of Topliss-reactive ketones (excluding diaryl/α,β-unsaturated/α-hetero) is 1. The van der Waals surface area contributed by atoms with Gasteiger partial charge in [-0.15, -0.1) is 0 Å². The van der Waals surface area contributed by atoms with Crippen LogP contribution in [0.3, 0.4) is 0 Å². The Kier molecular flexibility index (Phi) is 3.92. The molecule has 1 heterocycles. The van der Waals surface area contributed by atoms with E-state index >= 15 is 0 Å². The molecular weight excluding hydrogens is 312 g/mol. The molecule has 23 heavy (non-hydrogen) atoms. The van der Waals surface area contributed by atoms with Crippen LogP contribution in [0, 0.1) is 13.8 Å². The van der Waals surface area contributed by atoms with Crippen molar-refractivity contribution in [1.82, 2.24) is 4.98 Å². The Bertz CT molecular complexity index is 908. The number of aryl methyl sites for hydroxylation is 2. The highest BCUT2D eigenvalue weighted by atomic mass is 35.5. The minimum absolute atomic E-state index is 0.334. The lowest BCUT2D eigenvalue weighted by molar-refractivity contribution is -0.112. The maximum atomic E-state index is 12.5. The van der Waals surface area contributed by atoms with E-state index in [0.29, 0.717) is 21.7 Å². The number of nitrogens with one attached hydrogen (secondary N) is 2. The number of anilines is 1. The molecule has 2 aromatic carbocycles. The summed E-state index contributed by atoms with van der Waals surface area (Å²) in [5.74, 6) is -1.24. The third-order valence-electron chi connectivity index (χ3n) is 3.81. The number of hydrogen-bond acceptors (Lipinski definition) is 2. The Hall–Kier alpha value is -2.59. The Balaban J connectivity index is 1.91. The molecule has 0 aliphatic heterocycles. The van der Waals surface area contributed by atoms with E-state index in [-0.39, 0.29) is 0 Å². The fourth-order valence-corrected chi connectivity index (χ4v) is 2.76. The molecule has 0 radical (unpaired) electrons. The zero-order valence-corrected chi connectivity index (χ0v) is 13.5. The Morgan fingerprint density at radius 3 is 2.48 bits per heavy atom. The number of fused-ring (bicyclic) bond motifs is 1. The Labute approximate surface area is 138 Å². The summed E-state index contributed by atoms with van der Waals surface area (Å²) in [6.45, 7) is 3.78. The van der Waals surface area contributed by atoms with Crippen LogP contribution >= 0.6 is 11.6 Å². The zero-order chi connectivity index (χ0) is 16.6. The second kappa shape index (κ2) is 5.89. The Morgan fingerprint density at radius 1 is 1.09 bits per heavy atom. The first kappa shape index (κ1) is 15.3. The number of carbonyl (C=O) groups is 2. The molecule has 1 aromatic heterocycles. The highest BCUT2D eigenvalue weighted by molar-refractivity contribution is 6.48. The smallest absolute Gasteiger partial charge is 0.296 e. The number of rotatable bonds is 3. The second-order valence-corrected chi connectivity index (χ2v) is 5.88. The first-order chi connectivity index (χ1) is 11.0. The van der Waals surface area contributed by atoms with Crippen LogP contribution in [0.5, 0.6) is 0 Å². The van der Waals surface area contributed by atoms with Crippen LogP contribution < -0.4 is 5.32 Å². The fraction of sp³-hybridized carbons (Fsp3) is 0.111. The minimum atomic E-state index is -0.654. The van der Waals surface area contributed by atoms with Crippen LogP contribution in [0.2, 0.25) is 5.02 Å². The molecule has 0 atom stereocenters. The van der Waals surface area contributed by atoms with Crippen molar-refractivity contribution in [2.24, 2.45) is 0 Å². The van der Waals surface area contributed by atoms with Gasteiger partial charge in [0, 0.05) is 27.8 Å². The van der Waals surface area contributed by atoms with Gasteiger partial charge in [0.15, 0.2) is 0 Å². The van der Waals surface area contributed by atoms with E-state index in [1.807, 2.05) is 32.0 Å². The number of aromatic amines is 1. The van der Waals surface area contributed by atoms with E-state index in [2.05, 4.69) is 10.3 Å². The summed E-state index contributed by atoms with van der Waals surface area (Å²) in [5, 5.41) is 3.96. The summed E-state index contributed by atoms with van der Waals surface area (Å²) in [5.41, 5.74) is 3.56. The standard InChI is InChI=1S/C18H15ClN2O2/c1-10-4-3-5-11(2)16(10)21-18(23)17(22)14-9-20-15-8-12(19)6-7-13(14)15/h3-9,20H,1-2H3,(H,21,23). The molecule has 0 aliphatic carbocycles. The highest BCUT2D eigenvalue weighted by Gasteiger charge is 2.21. The van der Waals surface area contributed by atoms with E-state index in [1.54, 1.807) is 18.2 Å². The van der Waals surface area contributed by atoms with Gasteiger partial charge < -0.3 is 10.3 Å². The van der Waals surface area contributed by atoms with Crippen molar-refractivity contribution in [3.05, 3.63) is 64.3 Å². The summed E-state index contributed by atoms with van der Waals surface area (Å²) < 4.78 is 0. The molecule has 3 rings (SSSR count). The van der Waals surface area contributed by atoms with Gasteiger partial charge >= 0.3 is 0 Å². The third kappa shape index (κ3) is 2.85. The lowest BCUT2D eigenvalue weighted by atomic mass is 10.1. The topological polar surface area (TPSA) is 62.0 Å². The molecule has 0 unspecified atom stereocenters. The lowest BCUT2D eigenvalue weighted by Crippen LogP contribution is -2.23. The molecular formula is C18H15ClN2O2. The molecule has 2 N–H and O–H groups in total. The fourth-order valence-electron chi connectivity index (χ4n) is 2.59. The molecule has 0 spiro atoms. The maximum absolute atomic E-state index is 12.5. The van der Waals surface area contributed by atoms with E-state index in [0.717, 1.165) is 16.6 Å². The van der Waals surface area contributed by atoms with Gasteiger partial charge in [-0.25, -0.2) is 0 Å². The first-order valence-corrected chi connectivity index (χ1v) is 7.53. The van der Waals surface area contributed by atoms with Gasteiger partial charge in [0.2, 0.25) is 0 Å². The number of amides is 1. The van der Waals surface area contributed by atoms with Crippen molar-refractivity contribution in [2.75, 3.05) is 5.32 Å². The maximum Gasteiger partial charge on any atom is 0.296 e. The van der Waals surface area contributed by atoms with Crippen LogP contribution in [0.15, 0.2) is 42.6 Å². The number of H-pyrrole nitrogens is 1. The van der Waals surface area contributed by atoms with Gasteiger partial charge in [-0.3, -0.25) is 9.59 Å². The zero-order valence-electron chi connectivity index (χ0n) is 12.7. The lowest BCUT2D eigenvalue weighted by Gasteiger charge is -2.10. The molecule has 3 aromatic rings. The van der Waals surface area contributed by atoms with Crippen molar-refractivity contribution >= 4 is 39.9 Å². The van der Waals surface area contributed by atoms with E-state index < -0.39 is 11.7 Å². The summed E-state index contributed by atoms with van der Waals surface area (Å²) in [4.78, 5) is 27.8. The predicted molar refractivity (Wildman–Crippen MR) is 92.2 cm³/mol. The first-order valence-electron chi connectivity index (χ1n) is 7.16. The van der Waals surface area contributed by atoms with Crippen molar-refractivity contribution < 1.29 is 9.59 Å². The molecule has 0 bridgehead atoms. The molecule has 0 saturated carbocycles. The van der Waals surface area contributed by atoms with Crippen LogP contribution in [0.4, 0.5) is 5.69 Å². The molecule has 4 nitrogen and oxygen atoms in total. The SMILES string of the molecule is Cc1cccc(C)c1NC(=O)C(=O)c1c[nH]c2cc(Cl)ccc12. The van der Waals surface area contributed by atoms with Crippen LogP contribution in [-0.2, 0) is 4.79 Å². The third-order valence-corrected chi connectivity index (χ3v) is 4.05. The molecule has 0 saturated heterocycles. The molecule has 1 amide bonds. The quantitative estimate of drug-likeness (QED) is 0.558. The van der Waals surface area contributed by atoms with E-state index in [1.165, 1.54) is 6.20 Å². The van der Waals surface area contributed by atoms with Gasteiger partial charge in [-0.1, -0.05) is 35.9 Å². The highest BCUT2D eigenvalue weighted by Crippen LogP contribution is 2.24. The van der Waals surface area contributed by atoms with Crippen molar-refractivity contribution in [1.29, 1.82) is 0 Å². The molecule has 0 aliphatic rings. The van der Waals surface area contributed by atoms with E-state index in [4.69, 9.17) is 11.6 Å².